The van der Waals surface area contributed by atoms with E-state index < -0.39 is 10.8 Å². The molecule has 1 heterocycles. The van der Waals surface area contributed by atoms with Gasteiger partial charge in [-0.3, -0.25) is 4.21 Å². The molecule has 0 atom stereocenters. The van der Waals surface area contributed by atoms with Crippen LogP contribution in [0.15, 0.2) is 0 Å². The van der Waals surface area contributed by atoms with Crippen molar-refractivity contribution in [1.82, 2.24) is 0 Å². The summed E-state index contributed by atoms with van der Waals surface area (Å²) in [5.74, 6) is 1.89. The molecule has 8 heavy (non-hydrogen) atoms. The molecule has 3 heteroatoms. The van der Waals surface area contributed by atoms with Crippen molar-refractivity contribution in [3.8, 4) is 0 Å². The number of hydrogen-bond acceptors (Lipinski definition) is 1. The van der Waals surface area contributed by atoms with E-state index in [2.05, 4.69) is 6.82 Å². The second-order valence-corrected chi connectivity index (χ2v) is 4.23. The van der Waals surface area contributed by atoms with Gasteiger partial charge in [0.2, 0.25) is 0 Å². The van der Waals surface area contributed by atoms with Gasteiger partial charge in [-0.1, -0.05) is 19.5 Å². The molecule has 0 aromatic rings. The van der Waals surface area contributed by atoms with E-state index in [9.17, 15) is 4.21 Å². The fourth-order valence-corrected chi connectivity index (χ4v) is 2.45. The smallest absolute Gasteiger partial charge is 0.138 e. The topological polar surface area (TPSA) is 17.1 Å². The van der Waals surface area contributed by atoms with Crippen LogP contribution in [0.3, 0.4) is 0 Å². The molecule has 0 N–H and O–H groups in total. The van der Waals surface area contributed by atoms with E-state index in [1.165, 1.54) is 12.6 Å². The van der Waals surface area contributed by atoms with Gasteiger partial charge >= 0.3 is 0 Å². The van der Waals surface area contributed by atoms with E-state index in [-0.39, 0.29) is 0 Å². The molecule has 46 valence electrons. The van der Waals surface area contributed by atoms with Crippen molar-refractivity contribution in [3.05, 3.63) is 0 Å². The summed E-state index contributed by atoms with van der Waals surface area (Å²) in [5, 5.41) is 0. The zero-order chi connectivity index (χ0) is 5.98. The van der Waals surface area contributed by atoms with Crippen molar-refractivity contribution in [2.45, 2.75) is 19.5 Å². The third-order valence-electron chi connectivity index (χ3n) is 1.68. The molecule has 1 nitrogen and oxygen atoms in total. The Morgan fingerprint density at radius 2 is 1.88 bits per heavy atom. The average molecular weight is 130 g/mol. The minimum absolute atomic E-state index is 0.461. The van der Waals surface area contributed by atoms with E-state index in [4.69, 9.17) is 0 Å². The first-order valence-electron chi connectivity index (χ1n) is 3.14. The molecule has 1 aliphatic heterocycles. The Hall–Kier alpha value is 0.215. The molecule has 1 saturated heterocycles. The van der Waals surface area contributed by atoms with Crippen LogP contribution in [0.4, 0.5) is 0 Å². The van der Waals surface area contributed by atoms with Gasteiger partial charge in [-0.15, -0.1) is 0 Å². The lowest BCUT2D eigenvalue weighted by atomic mass is 9.48. The van der Waals surface area contributed by atoms with Crippen LogP contribution in [0.1, 0.15) is 0 Å². The summed E-state index contributed by atoms with van der Waals surface area (Å²) >= 11 is 0. The zero-order valence-electron chi connectivity index (χ0n) is 5.22. The Balaban J connectivity index is 2.29. The van der Waals surface area contributed by atoms with E-state index in [1.807, 2.05) is 0 Å². The lowest BCUT2D eigenvalue weighted by Gasteiger charge is -2.12. The Morgan fingerprint density at radius 1 is 1.38 bits per heavy atom. The zero-order valence-corrected chi connectivity index (χ0v) is 6.04. The number of hydrogen-bond donors (Lipinski definition) is 0. The molecule has 0 unspecified atom stereocenters. The fraction of sp³-hybridized carbons (Fsp3) is 1.00. The van der Waals surface area contributed by atoms with Gasteiger partial charge in [0.05, 0.1) is 0 Å². The monoisotopic (exact) mass is 130 g/mol. The molecule has 0 radical (unpaired) electrons. The van der Waals surface area contributed by atoms with Crippen LogP contribution in [-0.2, 0) is 10.8 Å². The lowest BCUT2D eigenvalue weighted by Crippen LogP contribution is -2.21. The summed E-state index contributed by atoms with van der Waals surface area (Å²) in [5.41, 5.74) is 0. The van der Waals surface area contributed by atoms with Gasteiger partial charge in [0.25, 0.3) is 0 Å². The van der Waals surface area contributed by atoms with Gasteiger partial charge in [0.15, 0.2) is 0 Å². The highest BCUT2D eigenvalue weighted by Crippen LogP contribution is 2.08. The van der Waals surface area contributed by atoms with Crippen LogP contribution in [0.5, 0.6) is 0 Å². The summed E-state index contributed by atoms with van der Waals surface area (Å²) in [7, 11) is -0.461. The summed E-state index contributed by atoms with van der Waals surface area (Å²) < 4.78 is 10.7. The molecular weight excluding hydrogens is 119 g/mol. The minimum Gasteiger partial charge on any atom is -0.260 e. The molecule has 0 bridgehead atoms. The standard InChI is InChI=1S/C5H11BOS/c1-6-2-4-8(7)5-3-6/h2-5H2,1H3. The second-order valence-electron chi connectivity index (χ2n) is 2.53. The molecule has 1 aliphatic rings. The lowest BCUT2D eigenvalue weighted by molar-refractivity contribution is 0.683. The first-order valence-corrected chi connectivity index (χ1v) is 4.63. The Labute approximate surface area is 53.4 Å². The van der Waals surface area contributed by atoms with E-state index >= 15 is 0 Å². The molecule has 1 rings (SSSR count). The second kappa shape index (κ2) is 2.67. The summed E-state index contributed by atoms with van der Waals surface area (Å²) in [6, 6.07) is 0. The maximum Gasteiger partial charge on any atom is 0.138 e. The van der Waals surface area contributed by atoms with Crippen LogP contribution in [0, 0.1) is 0 Å². The van der Waals surface area contributed by atoms with Crippen LogP contribution in [0.2, 0.25) is 19.5 Å². The van der Waals surface area contributed by atoms with Crippen molar-refractivity contribution in [2.24, 2.45) is 0 Å². The summed E-state index contributed by atoms with van der Waals surface area (Å²) in [6.45, 7) is 3.06. The Morgan fingerprint density at radius 3 is 2.25 bits per heavy atom. The molecular formula is C5H11BOS. The molecule has 0 amide bonds. The van der Waals surface area contributed by atoms with Crippen LogP contribution in [-0.4, -0.2) is 22.4 Å². The van der Waals surface area contributed by atoms with Gasteiger partial charge in [-0.25, -0.2) is 0 Å². The maximum absolute atomic E-state index is 10.7. The minimum atomic E-state index is -0.461. The molecule has 0 saturated carbocycles. The predicted octanol–water partition coefficient (Wildman–Crippen LogP) is 0.873. The Bertz CT molecular complexity index is 94.6. The van der Waals surface area contributed by atoms with Crippen LogP contribution < -0.4 is 0 Å². The summed E-state index contributed by atoms with van der Waals surface area (Å²) in [6.07, 6.45) is 2.35. The van der Waals surface area contributed by atoms with Crippen molar-refractivity contribution >= 4 is 17.5 Å². The van der Waals surface area contributed by atoms with Crippen molar-refractivity contribution in [1.29, 1.82) is 0 Å². The number of rotatable bonds is 0. The van der Waals surface area contributed by atoms with Crippen molar-refractivity contribution in [2.75, 3.05) is 11.5 Å². The molecule has 0 aromatic carbocycles. The van der Waals surface area contributed by atoms with E-state index in [1.54, 1.807) is 0 Å². The van der Waals surface area contributed by atoms with Gasteiger partial charge in [-0.05, 0) is 0 Å². The van der Waals surface area contributed by atoms with Crippen molar-refractivity contribution < 1.29 is 4.21 Å². The van der Waals surface area contributed by atoms with Crippen molar-refractivity contribution in [3.63, 3.8) is 0 Å². The quantitative estimate of drug-likeness (QED) is 0.444. The van der Waals surface area contributed by atoms with Gasteiger partial charge < -0.3 is 0 Å². The van der Waals surface area contributed by atoms with Crippen LogP contribution in [0.25, 0.3) is 0 Å². The first kappa shape index (κ1) is 6.34. The van der Waals surface area contributed by atoms with Gasteiger partial charge in [-0.2, -0.15) is 0 Å². The molecule has 0 spiro atoms. The summed E-state index contributed by atoms with van der Waals surface area (Å²) in [4.78, 5) is 0. The third kappa shape index (κ3) is 1.62. The van der Waals surface area contributed by atoms with Crippen LogP contribution >= 0.6 is 0 Å². The SMILES string of the molecule is CB1CCS(=O)CC1. The highest BCUT2D eigenvalue weighted by atomic mass is 32.2. The third-order valence-corrected chi connectivity index (χ3v) is 3.06. The first-order chi connectivity index (χ1) is 3.79. The van der Waals surface area contributed by atoms with Gasteiger partial charge in [0.1, 0.15) is 6.71 Å². The molecule has 0 aromatic heterocycles. The van der Waals surface area contributed by atoms with E-state index in [0.29, 0.717) is 0 Å². The maximum atomic E-state index is 10.7. The fourth-order valence-electron chi connectivity index (χ4n) is 0.912. The highest BCUT2D eigenvalue weighted by Gasteiger charge is 2.15. The average Bonchev–Trinajstić information content (AvgIpc) is 1.77. The van der Waals surface area contributed by atoms with E-state index in [0.717, 1.165) is 18.2 Å². The normalized spacial score (nSPS) is 23.9. The molecule has 0 aliphatic carbocycles. The Kier molecular flexibility index (Phi) is 2.12. The largest absolute Gasteiger partial charge is 0.260 e. The van der Waals surface area contributed by atoms with Gasteiger partial charge in [0, 0.05) is 22.3 Å². The molecule has 1 fully saturated rings. The highest BCUT2D eigenvalue weighted by molar-refractivity contribution is 7.85. The predicted molar refractivity (Wildman–Crippen MR) is 39.1 cm³/mol.